The minimum absolute atomic E-state index is 0.339. The van der Waals surface area contributed by atoms with Crippen molar-refractivity contribution in [2.45, 2.75) is 6.42 Å². The first-order valence-corrected chi connectivity index (χ1v) is 7.61. The van der Waals surface area contributed by atoms with E-state index in [1.54, 1.807) is 12.1 Å². The number of anilines is 1. The number of carboxylic acids is 1. The Hall–Kier alpha value is -2.27. The Morgan fingerprint density at radius 1 is 1.26 bits per heavy atom. The maximum Gasteiger partial charge on any atom is 0.308 e. The van der Waals surface area contributed by atoms with E-state index in [4.69, 9.17) is 21.4 Å². The van der Waals surface area contributed by atoms with Crippen LogP contribution in [0.15, 0.2) is 42.5 Å². The molecule has 23 heavy (non-hydrogen) atoms. The Balaban J connectivity index is 1.79. The summed E-state index contributed by atoms with van der Waals surface area (Å²) < 4.78 is 18.6. The zero-order valence-corrected chi connectivity index (χ0v) is 13.0. The van der Waals surface area contributed by atoms with Crippen molar-refractivity contribution in [1.82, 2.24) is 0 Å². The van der Waals surface area contributed by atoms with E-state index in [9.17, 15) is 9.18 Å². The predicted octanol–water partition coefficient (Wildman–Crippen LogP) is 4.18. The molecule has 0 amide bonds. The van der Waals surface area contributed by atoms with Crippen molar-refractivity contribution >= 4 is 23.3 Å². The molecular weight excluding hydrogens is 321 g/mol. The topological polar surface area (TPSA) is 49.8 Å². The van der Waals surface area contributed by atoms with Crippen LogP contribution < -0.4 is 9.64 Å². The zero-order valence-electron chi connectivity index (χ0n) is 12.2. The van der Waals surface area contributed by atoms with Crippen LogP contribution in [0.25, 0.3) is 0 Å². The second-order valence-corrected chi connectivity index (χ2v) is 5.85. The second-order valence-electron chi connectivity index (χ2n) is 5.44. The molecule has 0 aliphatic carbocycles. The monoisotopic (exact) mass is 335 g/mol. The molecule has 1 aliphatic heterocycles. The molecule has 0 spiro atoms. The summed E-state index contributed by atoms with van der Waals surface area (Å²) in [7, 11) is 0. The lowest BCUT2D eigenvalue weighted by Gasteiger charge is -2.19. The number of ether oxygens (including phenoxy) is 1. The third kappa shape index (κ3) is 3.56. The predicted molar refractivity (Wildman–Crippen MR) is 85.9 cm³/mol. The molecule has 3 rings (SSSR count). The normalized spacial score (nSPS) is 17.3. The maximum atomic E-state index is 12.9. The van der Waals surface area contributed by atoms with E-state index in [0.717, 1.165) is 5.69 Å². The Morgan fingerprint density at radius 2 is 2.00 bits per heavy atom. The SMILES string of the molecule is O=C(O)C1CCN(c2ccc(Cl)c(Oc3ccc(F)cc3)c2)C1. The first-order valence-electron chi connectivity index (χ1n) is 7.23. The van der Waals surface area contributed by atoms with Gasteiger partial charge in [0.1, 0.15) is 17.3 Å². The van der Waals surface area contributed by atoms with Crippen LogP contribution in [-0.4, -0.2) is 24.2 Å². The first kappa shape index (κ1) is 15.6. The van der Waals surface area contributed by atoms with E-state index in [0.29, 0.717) is 36.0 Å². The Morgan fingerprint density at radius 3 is 2.65 bits per heavy atom. The fourth-order valence-corrected chi connectivity index (χ4v) is 2.75. The van der Waals surface area contributed by atoms with Gasteiger partial charge in [-0.05, 0) is 42.8 Å². The molecule has 1 N–H and O–H groups in total. The summed E-state index contributed by atoms with van der Waals surface area (Å²) in [6.45, 7) is 1.14. The summed E-state index contributed by atoms with van der Waals surface area (Å²) in [5.41, 5.74) is 0.857. The van der Waals surface area contributed by atoms with Gasteiger partial charge in [-0.2, -0.15) is 0 Å². The van der Waals surface area contributed by atoms with Crippen LogP contribution in [0.3, 0.4) is 0 Å². The molecule has 0 bridgehead atoms. The van der Waals surface area contributed by atoms with Crippen LogP contribution >= 0.6 is 11.6 Å². The standard InChI is InChI=1S/C17H15ClFNO3/c18-15-6-3-13(20-8-7-11(10-20)17(21)22)9-16(15)23-14-4-1-12(19)2-5-14/h1-6,9,11H,7-8,10H2,(H,21,22). The number of halogens is 2. The van der Waals surface area contributed by atoms with Gasteiger partial charge in [-0.15, -0.1) is 0 Å². The van der Waals surface area contributed by atoms with Gasteiger partial charge in [0.25, 0.3) is 0 Å². The molecule has 1 aliphatic rings. The number of aliphatic carboxylic acids is 1. The van der Waals surface area contributed by atoms with Gasteiger partial charge in [0.15, 0.2) is 0 Å². The first-order chi connectivity index (χ1) is 11.0. The van der Waals surface area contributed by atoms with Crippen LogP contribution in [-0.2, 0) is 4.79 Å². The number of hydrogen-bond donors (Lipinski definition) is 1. The van der Waals surface area contributed by atoms with E-state index >= 15 is 0 Å². The van der Waals surface area contributed by atoms with Gasteiger partial charge in [-0.1, -0.05) is 11.6 Å². The van der Waals surface area contributed by atoms with Crippen molar-refractivity contribution in [2.24, 2.45) is 5.92 Å². The van der Waals surface area contributed by atoms with Crippen molar-refractivity contribution < 1.29 is 19.0 Å². The van der Waals surface area contributed by atoms with E-state index in [1.807, 2.05) is 11.0 Å². The second kappa shape index (κ2) is 6.46. The molecule has 1 saturated heterocycles. The molecule has 1 fully saturated rings. The van der Waals surface area contributed by atoms with Crippen molar-refractivity contribution in [2.75, 3.05) is 18.0 Å². The summed E-state index contributed by atoms with van der Waals surface area (Å²) in [5, 5.41) is 9.53. The number of hydrogen-bond acceptors (Lipinski definition) is 3. The Kier molecular flexibility index (Phi) is 4.39. The van der Waals surface area contributed by atoms with Gasteiger partial charge in [-0.3, -0.25) is 4.79 Å². The smallest absolute Gasteiger partial charge is 0.308 e. The van der Waals surface area contributed by atoms with Crippen LogP contribution in [0.5, 0.6) is 11.5 Å². The number of carbonyl (C=O) groups is 1. The van der Waals surface area contributed by atoms with Crippen molar-refractivity contribution in [3.05, 3.63) is 53.3 Å². The molecule has 1 atom stereocenters. The molecular formula is C17H15ClFNO3. The van der Waals surface area contributed by atoms with Crippen LogP contribution in [0.4, 0.5) is 10.1 Å². The molecule has 6 heteroatoms. The number of carboxylic acid groups (broad SMARTS) is 1. The van der Waals surface area contributed by atoms with Gasteiger partial charge in [-0.25, -0.2) is 4.39 Å². The average Bonchev–Trinajstić information content (AvgIpc) is 3.02. The molecule has 120 valence electrons. The largest absolute Gasteiger partial charge is 0.481 e. The quantitative estimate of drug-likeness (QED) is 0.910. The number of benzene rings is 2. The summed E-state index contributed by atoms with van der Waals surface area (Å²) in [6, 6.07) is 11.0. The Labute approximate surface area is 138 Å². The lowest BCUT2D eigenvalue weighted by Crippen LogP contribution is -2.22. The van der Waals surface area contributed by atoms with Crippen LogP contribution in [0.2, 0.25) is 5.02 Å². The molecule has 2 aromatic rings. The highest BCUT2D eigenvalue weighted by Gasteiger charge is 2.28. The third-order valence-corrected chi connectivity index (χ3v) is 4.17. The lowest BCUT2D eigenvalue weighted by atomic mass is 10.1. The highest BCUT2D eigenvalue weighted by Crippen LogP contribution is 2.35. The molecule has 4 nitrogen and oxygen atoms in total. The molecule has 2 aromatic carbocycles. The minimum atomic E-state index is -0.774. The van der Waals surface area contributed by atoms with E-state index in [2.05, 4.69) is 0 Å². The molecule has 1 unspecified atom stereocenters. The molecule has 1 heterocycles. The van der Waals surface area contributed by atoms with E-state index < -0.39 is 5.97 Å². The minimum Gasteiger partial charge on any atom is -0.481 e. The third-order valence-electron chi connectivity index (χ3n) is 3.86. The van der Waals surface area contributed by atoms with Gasteiger partial charge in [0, 0.05) is 24.8 Å². The fraction of sp³-hybridized carbons (Fsp3) is 0.235. The highest BCUT2D eigenvalue weighted by atomic mass is 35.5. The zero-order chi connectivity index (χ0) is 16.4. The van der Waals surface area contributed by atoms with Gasteiger partial charge >= 0.3 is 5.97 Å². The average molecular weight is 336 g/mol. The summed E-state index contributed by atoms with van der Waals surface area (Å²) in [6.07, 6.45) is 0.617. The molecule has 0 radical (unpaired) electrons. The van der Waals surface area contributed by atoms with Crippen molar-refractivity contribution in [3.8, 4) is 11.5 Å². The maximum absolute atomic E-state index is 12.9. The molecule has 0 aromatic heterocycles. The van der Waals surface area contributed by atoms with Crippen molar-refractivity contribution in [1.29, 1.82) is 0 Å². The molecule has 0 saturated carbocycles. The van der Waals surface area contributed by atoms with Gasteiger partial charge in [0.2, 0.25) is 0 Å². The summed E-state index contributed by atoms with van der Waals surface area (Å²) in [5.74, 6) is -0.532. The fourth-order valence-electron chi connectivity index (χ4n) is 2.59. The van der Waals surface area contributed by atoms with Gasteiger partial charge < -0.3 is 14.7 Å². The van der Waals surface area contributed by atoms with Crippen molar-refractivity contribution in [3.63, 3.8) is 0 Å². The summed E-state index contributed by atoms with van der Waals surface area (Å²) >= 11 is 6.15. The Bertz CT molecular complexity index is 720. The lowest BCUT2D eigenvalue weighted by molar-refractivity contribution is -0.140. The van der Waals surface area contributed by atoms with Gasteiger partial charge in [0.05, 0.1) is 10.9 Å². The number of nitrogens with zero attached hydrogens (tertiary/aromatic N) is 1. The van der Waals surface area contributed by atoms with E-state index in [-0.39, 0.29) is 11.7 Å². The van der Waals surface area contributed by atoms with Crippen LogP contribution in [0.1, 0.15) is 6.42 Å². The van der Waals surface area contributed by atoms with Crippen LogP contribution in [0, 0.1) is 11.7 Å². The number of rotatable bonds is 4. The van der Waals surface area contributed by atoms with E-state index in [1.165, 1.54) is 24.3 Å². The highest BCUT2D eigenvalue weighted by molar-refractivity contribution is 6.32. The summed E-state index contributed by atoms with van der Waals surface area (Å²) in [4.78, 5) is 13.1.